The zero-order valence-electron chi connectivity index (χ0n) is 16.8. The minimum Gasteiger partial charge on any atom is -0.497 e. The molecule has 7 nitrogen and oxygen atoms in total. The molecule has 0 aromatic rings. The van der Waals surface area contributed by atoms with E-state index in [1.807, 2.05) is 6.92 Å². The molecular weight excluding hydrogens is 376 g/mol. The highest BCUT2D eigenvalue weighted by atomic mass is 16.7. The number of methoxy groups -OCH3 is 2. The number of rotatable bonds is 6. The van der Waals surface area contributed by atoms with Crippen LogP contribution < -0.4 is 0 Å². The van der Waals surface area contributed by atoms with Crippen LogP contribution in [0.15, 0.2) is 47.3 Å². The minimum absolute atomic E-state index is 0.0159. The second-order valence-electron chi connectivity index (χ2n) is 7.99. The first-order valence-electron chi connectivity index (χ1n) is 9.87. The van der Waals surface area contributed by atoms with Gasteiger partial charge < -0.3 is 24.1 Å². The van der Waals surface area contributed by atoms with E-state index in [9.17, 15) is 9.59 Å². The Morgan fingerprint density at radius 1 is 1.31 bits per heavy atom. The summed E-state index contributed by atoms with van der Waals surface area (Å²) in [6.07, 6.45) is 10.0. The highest BCUT2D eigenvalue weighted by Gasteiger charge is 2.65. The summed E-state index contributed by atoms with van der Waals surface area (Å²) < 4.78 is 23.1. The van der Waals surface area contributed by atoms with Crippen LogP contribution in [0.5, 0.6) is 0 Å². The van der Waals surface area contributed by atoms with Crippen molar-refractivity contribution in [3.63, 3.8) is 0 Å². The van der Waals surface area contributed by atoms with E-state index in [1.165, 1.54) is 13.2 Å². The lowest BCUT2D eigenvalue weighted by molar-refractivity contribution is -0.250. The van der Waals surface area contributed by atoms with Crippen LogP contribution in [0.3, 0.4) is 0 Å². The number of carbonyl (C=O) groups is 2. The molecule has 0 unspecified atom stereocenters. The summed E-state index contributed by atoms with van der Waals surface area (Å²) >= 11 is 0. The van der Waals surface area contributed by atoms with Crippen molar-refractivity contribution in [2.75, 3.05) is 14.2 Å². The summed E-state index contributed by atoms with van der Waals surface area (Å²) in [5.74, 6) is -1.23. The number of carbonyl (C=O) groups excluding carboxylic acids is 1. The Labute approximate surface area is 169 Å². The van der Waals surface area contributed by atoms with Gasteiger partial charge in [-0.1, -0.05) is 11.6 Å². The Hall–Kier alpha value is -2.22. The number of epoxide rings is 1. The molecule has 7 heteroatoms. The number of carboxylic acids is 1. The fourth-order valence-corrected chi connectivity index (χ4v) is 4.98. The molecule has 3 fully saturated rings. The van der Waals surface area contributed by atoms with Gasteiger partial charge in [0.15, 0.2) is 11.6 Å². The van der Waals surface area contributed by atoms with E-state index in [0.717, 1.165) is 36.5 Å². The maximum atomic E-state index is 12.3. The molecule has 0 spiro atoms. The molecule has 0 aromatic heterocycles. The van der Waals surface area contributed by atoms with Crippen LogP contribution in [0.2, 0.25) is 0 Å². The molecule has 6 atom stereocenters. The fraction of sp³-hybridized carbons (Fsp3) is 0.545. The first-order chi connectivity index (χ1) is 13.9. The third kappa shape index (κ3) is 3.58. The van der Waals surface area contributed by atoms with Gasteiger partial charge in [0.05, 0.1) is 7.11 Å². The van der Waals surface area contributed by atoms with Gasteiger partial charge in [0.25, 0.3) is 0 Å². The summed E-state index contributed by atoms with van der Waals surface area (Å²) in [6, 6.07) is 0. The number of ether oxygens (including phenoxy) is 4. The predicted octanol–water partition coefficient (Wildman–Crippen LogP) is 2.54. The SMILES string of the molecule is COC(=C\C(C)=C\[C@@H]1CCC[C@]2(OC)O[C@@H]3C(=CC(=O)[C@@H]4O[C@H]34)[C@@H]12)/C=C/C(=O)O. The Bertz CT molecular complexity index is 836. The van der Waals surface area contributed by atoms with Crippen molar-refractivity contribution in [3.05, 3.63) is 47.3 Å². The van der Waals surface area contributed by atoms with Crippen molar-refractivity contribution in [1.82, 2.24) is 0 Å². The number of hydrogen-bond donors (Lipinski definition) is 1. The van der Waals surface area contributed by atoms with Gasteiger partial charge in [-0.3, -0.25) is 4.79 Å². The molecule has 0 amide bonds. The molecule has 0 radical (unpaired) electrons. The molecule has 4 rings (SSSR count). The highest BCUT2D eigenvalue weighted by Crippen LogP contribution is 2.57. The van der Waals surface area contributed by atoms with Crippen LogP contribution in [0.25, 0.3) is 0 Å². The number of allylic oxidation sites excluding steroid dienone is 4. The maximum absolute atomic E-state index is 12.3. The smallest absolute Gasteiger partial charge is 0.328 e. The third-order valence-electron chi connectivity index (χ3n) is 6.21. The van der Waals surface area contributed by atoms with Crippen molar-refractivity contribution < 1.29 is 33.6 Å². The van der Waals surface area contributed by atoms with Crippen LogP contribution in [0, 0.1) is 11.8 Å². The predicted molar refractivity (Wildman–Crippen MR) is 103 cm³/mol. The Kier molecular flexibility index (Phi) is 5.23. The normalized spacial score (nSPS) is 38.9. The highest BCUT2D eigenvalue weighted by molar-refractivity contribution is 5.98. The molecule has 0 bridgehead atoms. The van der Waals surface area contributed by atoms with Gasteiger partial charge in [-0.05, 0) is 49.5 Å². The molecule has 4 aliphatic rings. The molecule has 0 aromatic carbocycles. The van der Waals surface area contributed by atoms with Crippen molar-refractivity contribution in [2.24, 2.45) is 11.8 Å². The number of hydrogen-bond acceptors (Lipinski definition) is 6. The van der Waals surface area contributed by atoms with Gasteiger partial charge in [-0.2, -0.15) is 0 Å². The number of carboxylic acid groups (broad SMARTS) is 1. The minimum atomic E-state index is -1.03. The van der Waals surface area contributed by atoms with Crippen LogP contribution in [0.1, 0.15) is 26.2 Å². The second kappa shape index (κ2) is 7.55. The summed E-state index contributed by atoms with van der Waals surface area (Å²) in [6.45, 7) is 1.95. The Morgan fingerprint density at radius 3 is 2.79 bits per heavy atom. The van der Waals surface area contributed by atoms with Crippen molar-refractivity contribution in [1.29, 1.82) is 0 Å². The molecule has 2 aliphatic heterocycles. The third-order valence-corrected chi connectivity index (χ3v) is 6.21. The average molecular weight is 402 g/mol. The lowest BCUT2D eigenvalue weighted by Crippen LogP contribution is -2.44. The van der Waals surface area contributed by atoms with Crippen LogP contribution in [0.4, 0.5) is 0 Å². The van der Waals surface area contributed by atoms with E-state index in [-0.39, 0.29) is 35.9 Å². The molecular formula is C22H26O7. The molecule has 29 heavy (non-hydrogen) atoms. The van der Waals surface area contributed by atoms with E-state index < -0.39 is 11.8 Å². The monoisotopic (exact) mass is 402 g/mol. The number of aliphatic carboxylic acids is 1. The Morgan fingerprint density at radius 2 is 2.10 bits per heavy atom. The van der Waals surface area contributed by atoms with Crippen LogP contribution >= 0.6 is 0 Å². The first-order valence-corrected chi connectivity index (χ1v) is 9.87. The summed E-state index contributed by atoms with van der Waals surface area (Å²) in [5.41, 5.74) is 1.92. The van der Waals surface area contributed by atoms with E-state index in [4.69, 9.17) is 24.1 Å². The zero-order valence-corrected chi connectivity index (χ0v) is 16.8. The molecule has 2 heterocycles. The van der Waals surface area contributed by atoms with Crippen molar-refractivity contribution in [2.45, 2.75) is 50.3 Å². The Balaban J connectivity index is 1.64. The summed E-state index contributed by atoms with van der Waals surface area (Å²) in [5, 5.41) is 8.81. The van der Waals surface area contributed by atoms with Gasteiger partial charge in [0.2, 0.25) is 0 Å². The van der Waals surface area contributed by atoms with Crippen LogP contribution in [-0.2, 0) is 28.5 Å². The molecule has 156 valence electrons. The lowest BCUT2D eigenvalue weighted by atomic mass is 9.70. The van der Waals surface area contributed by atoms with Crippen LogP contribution in [-0.4, -0.2) is 55.2 Å². The molecule has 1 N–H and O–H groups in total. The summed E-state index contributed by atoms with van der Waals surface area (Å²) in [7, 11) is 3.16. The van der Waals surface area contributed by atoms with E-state index in [0.29, 0.717) is 5.76 Å². The largest absolute Gasteiger partial charge is 0.497 e. The number of fused-ring (bicyclic) bond motifs is 5. The van der Waals surface area contributed by atoms with Gasteiger partial charge in [-0.25, -0.2) is 4.79 Å². The van der Waals surface area contributed by atoms with Gasteiger partial charge in [0, 0.05) is 25.5 Å². The standard InChI is InChI=1S/C22H26O7/c1-12(10-14(26-2)6-7-17(24)25)9-13-5-4-8-22(27-3)18(13)15-11-16(23)20-21(28-20)19(15)29-22/h6-7,9-11,13,18-21H,4-5,8H2,1-3H3,(H,24,25)/b7-6+,12-9+,14-10-/t13-,18+,19+,20-,21+,22-/m0/s1. The maximum Gasteiger partial charge on any atom is 0.328 e. The van der Waals surface area contributed by atoms with Gasteiger partial charge >= 0.3 is 5.97 Å². The fourth-order valence-electron chi connectivity index (χ4n) is 4.98. The van der Waals surface area contributed by atoms with Crippen molar-refractivity contribution in [3.8, 4) is 0 Å². The molecule has 2 aliphatic carbocycles. The number of ketones is 1. The molecule has 2 saturated heterocycles. The second-order valence-corrected chi connectivity index (χ2v) is 7.99. The van der Waals surface area contributed by atoms with Gasteiger partial charge in [-0.15, -0.1) is 0 Å². The van der Waals surface area contributed by atoms with E-state index in [2.05, 4.69) is 6.08 Å². The lowest BCUT2D eigenvalue weighted by Gasteiger charge is -2.41. The average Bonchev–Trinajstić information content (AvgIpc) is 3.43. The zero-order chi connectivity index (χ0) is 20.8. The van der Waals surface area contributed by atoms with Crippen molar-refractivity contribution >= 4 is 11.8 Å². The summed E-state index contributed by atoms with van der Waals surface area (Å²) in [4.78, 5) is 23.0. The van der Waals surface area contributed by atoms with Gasteiger partial charge in [0.1, 0.15) is 24.1 Å². The topological polar surface area (TPSA) is 94.6 Å². The molecule has 1 saturated carbocycles. The van der Waals surface area contributed by atoms with E-state index in [1.54, 1.807) is 19.3 Å². The quantitative estimate of drug-likeness (QED) is 0.316. The van der Waals surface area contributed by atoms with E-state index >= 15 is 0 Å². The first kappa shape index (κ1) is 20.1.